The minimum Gasteiger partial charge on any atom is -0.478 e. The highest BCUT2D eigenvalue weighted by atomic mass is 16.4. The molecule has 2 atom stereocenters. The Morgan fingerprint density at radius 3 is 2.61 bits per heavy atom. The average molecular weight is 248 g/mol. The number of carboxylic acids is 1. The van der Waals surface area contributed by atoms with Gasteiger partial charge in [0.15, 0.2) is 0 Å². The highest BCUT2D eigenvalue weighted by molar-refractivity contribution is 6.01. The van der Waals surface area contributed by atoms with Gasteiger partial charge in [0.1, 0.15) is 0 Å². The molecule has 1 aliphatic carbocycles. The fourth-order valence-corrected chi connectivity index (χ4v) is 1.85. The smallest absolute Gasteiger partial charge is 0.337 e. The molecule has 5 heteroatoms. The number of para-hydroxylation sites is 1. The molecule has 1 aromatic carbocycles. The number of carbonyl (C=O) groups is 2. The number of carbonyl (C=O) groups excluding carboxylic acids is 1. The van der Waals surface area contributed by atoms with Crippen LogP contribution < -0.4 is 10.6 Å². The van der Waals surface area contributed by atoms with Crippen LogP contribution in [0.5, 0.6) is 0 Å². The Balaban J connectivity index is 2.12. The second kappa shape index (κ2) is 4.68. The van der Waals surface area contributed by atoms with Crippen molar-refractivity contribution in [1.82, 2.24) is 5.32 Å². The van der Waals surface area contributed by atoms with Gasteiger partial charge in [0, 0.05) is 6.04 Å². The Morgan fingerprint density at radius 1 is 1.39 bits per heavy atom. The van der Waals surface area contributed by atoms with E-state index in [0.717, 1.165) is 12.0 Å². The van der Waals surface area contributed by atoms with Crippen LogP contribution in [0.25, 0.3) is 0 Å². The monoisotopic (exact) mass is 248 g/mol. The fraction of sp³-hybridized carbons (Fsp3) is 0.385. The Labute approximate surface area is 105 Å². The van der Waals surface area contributed by atoms with Gasteiger partial charge in [0.05, 0.1) is 11.3 Å². The Kier molecular flexibility index (Phi) is 3.23. The number of carboxylic acid groups (broad SMARTS) is 1. The standard InChI is InChI=1S/C13H16N2O3/c1-7-4-3-5-9(12(16)17)11(7)15-13(18)14-10-6-8(10)2/h3-5,8,10H,6H2,1-2H3,(H,16,17)(H2,14,15,18). The molecule has 0 saturated heterocycles. The molecule has 0 bridgehead atoms. The Hall–Kier alpha value is -2.04. The number of hydrogen-bond acceptors (Lipinski definition) is 2. The molecule has 1 saturated carbocycles. The number of aryl methyl sites for hydroxylation is 1. The maximum absolute atomic E-state index is 11.7. The van der Waals surface area contributed by atoms with E-state index in [-0.39, 0.29) is 17.6 Å². The van der Waals surface area contributed by atoms with Gasteiger partial charge >= 0.3 is 12.0 Å². The summed E-state index contributed by atoms with van der Waals surface area (Å²) in [7, 11) is 0. The summed E-state index contributed by atoms with van der Waals surface area (Å²) < 4.78 is 0. The lowest BCUT2D eigenvalue weighted by Crippen LogP contribution is -2.32. The minimum atomic E-state index is -1.05. The predicted octanol–water partition coefficient (Wildman–Crippen LogP) is 2.22. The number of amides is 2. The van der Waals surface area contributed by atoms with Crippen molar-refractivity contribution in [3.63, 3.8) is 0 Å². The fourth-order valence-electron chi connectivity index (χ4n) is 1.85. The van der Waals surface area contributed by atoms with E-state index in [1.54, 1.807) is 19.1 Å². The molecule has 0 aromatic heterocycles. The van der Waals surface area contributed by atoms with Crippen molar-refractivity contribution in [2.24, 2.45) is 5.92 Å². The number of aromatic carboxylic acids is 1. The number of rotatable bonds is 3. The maximum Gasteiger partial charge on any atom is 0.337 e. The first-order valence-electron chi connectivity index (χ1n) is 5.89. The van der Waals surface area contributed by atoms with Gasteiger partial charge in [-0.1, -0.05) is 19.1 Å². The average Bonchev–Trinajstić information content (AvgIpc) is 2.96. The van der Waals surface area contributed by atoms with E-state index in [1.165, 1.54) is 6.07 Å². The highest BCUT2D eigenvalue weighted by Crippen LogP contribution is 2.29. The number of urea groups is 1. The lowest BCUT2D eigenvalue weighted by molar-refractivity contribution is 0.0698. The predicted molar refractivity (Wildman–Crippen MR) is 67.9 cm³/mol. The number of benzene rings is 1. The third kappa shape index (κ3) is 2.61. The SMILES string of the molecule is Cc1cccc(C(=O)O)c1NC(=O)NC1CC1C. The first-order valence-corrected chi connectivity index (χ1v) is 5.89. The van der Waals surface area contributed by atoms with Crippen molar-refractivity contribution in [3.8, 4) is 0 Å². The van der Waals surface area contributed by atoms with E-state index in [9.17, 15) is 9.59 Å². The minimum absolute atomic E-state index is 0.106. The quantitative estimate of drug-likeness (QED) is 0.767. The molecule has 1 aromatic rings. The molecular formula is C13H16N2O3. The van der Waals surface area contributed by atoms with Gasteiger partial charge in [-0.25, -0.2) is 9.59 Å². The van der Waals surface area contributed by atoms with E-state index in [4.69, 9.17) is 5.11 Å². The van der Waals surface area contributed by atoms with Gasteiger partial charge in [0.25, 0.3) is 0 Å². The highest BCUT2D eigenvalue weighted by Gasteiger charge is 2.34. The molecular weight excluding hydrogens is 232 g/mol. The molecule has 2 rings (SSSR count). The first-order chi connectivity index (χ1) is 8.49. The van der Waals surface area contributed by atoms with Crippen molar-refractivity contribution in [1.29, 1.82) is 0 Å². The van der Waals surface area contributed by atoms with Crippen molar-refractivity contribution in [2.75, 3.05) is 5.32 Å². The number of hydrogen-bond donors (Lipinski definition) is 3. The summed E-state index contributed by atoms with van der Waals surface area (Å²) in [5, 5.41) is 14.5. The molecule has 96 valence electrons. The van der Waals surface area contributed by atoms with Crippen LogP contribution in [-0.2, 0) is 0 Å². The van der Waals surface area contributed by atoms with Crippen LogP contribution in [0, 0.1) is 12.8 Å². The molecule has 0 radical (unpaired) electrons. The van der Waals surface area contributed by atoms with Crippen LogP contribution >= 0.6 is 0 Å². The van der Waals surface area contributed by atoms with Gasteiger partial charge in [-0.2, -0.15) is 0 Å². The summed E-state index contributed by atoms with van der Waals surface area (Å²) in [6.07, 6.45) is 0.979. The van der Waals surface area contributed by atoms with Gasteiger partial charge in [0.2, 0.25) is 0 Å². The van der Waals surface area contributed by atoms with Crippen LogP contribution in [-0.4, -0.2) is 23.1 Å². The van der Waals surface area contributed by atoms with E-state index >= 15 is 0 Å². The van der Waals surface area contributed by atoms with Crippen molar-refractivity contribution < 1.29 is 14.7 Å². The largest absolute Gasteiger partial charge is 0.478 e. The molecule has 0 heterocycles. The second-order valence-corrected chi connectivity index (χ2v) is 4.72. The molecule has 1 fully saturated rings. The summed E-state index contributed by atoms with van der Waals surface area (Å²) in [6, 6.07) is 4.76. The second-order valence-electron chi connectivity index (χ2n) is 4.72. The van der Waals surface area contributed by atoms with Gasteiger partial charge in [-0.05, 0) is 30.9 Å². The zero-order valence-corrected chi connectivity index (χ0v) is 10.4. The van der Waals surface area contributed by atoms with Crippen molar-refractivity contribution in [3.05, 3.63) is 29.3 Å². The zero-order valence-electron chi connectivity index (χ0n) is 10.4. The third-order valence-electron chi connectivity index (χ3n) is 3.17. The van der Waals surface area contributed by atoms with Gasteiger partial charge < -0.3 is 15.7 Å². The molecule has 1 aliphatic rings. The summed E-state index contributed by atoms with van der Waals surface area (Å²) in [5.41, 5.74) is 1.19. The number of anilines is 1. The third-order valence-corrected chi connectivity index (χ3v) is 3.17. The lowest BCUT2D eigenvalue weighted by atomic mass is 10.1. The zero-order chi connectivity index (χ0) is 13.3. The molecule has 0 spiro atoms. The normalized spacial score (nSPS) is 21.2. The number of nitrogens with one attached hydrogen (secondary N) is 2. The molecule has 0 aliphatic heterocycles. The molecule has 2 amide bonds. The van der Waals surface area contributed by atoms with Crippen LogP contribution in [0.15, 0.2) is 18.2 Å². The van der Waals surface area contributed by atoms with Crippen molar-refractivity contribution in [2.45, 2.75) is 26.3 Å². The Morgan fingerprint density at radius 2 is 2.06 bits per heavy atom. The maximum atomic E-state index is 11.7. The summed E-state index contributed by atoms with van der Waals surface area (Å²) in [4.78, 5) is 22.8. The molecule has 18 heavy (non-hydrogen) atoms. The van der Waals surface area contributed by atoms with Crippen LogP contribution in [0.2, 0.25) is 0 Å². The summed E-state index contributed by atoms with van der Waals surface area (Å²) >= 11 is 0. The van der Waals surface area contributed by atoms with E-state index in [2.05, 4.69) is 17.6 Å². The molecule has 3 N–H and O–H groups in total. The van der Waals surface area contributed by atoms with Gasteiger partial charge in [-0.3, -0.25) is 0 Å². The molecule has 5 nitrogen and oxygen atoms in total. The van der Waals surface area contributed by atoms with Crippen LogP contribution in [0.3, 0.4) is 0 Å². The summed E-state index contributed by atoms with van der Waals surface area (Å²) in [5.74, 6) is -0.541. The lowest BCUT2D eigenvalue weighted by Gasteiger charge is -2.12. The molecule has 2 unspecified atom stereocenters. The van der Waals surface area contributed by atoms with Crippen LogP contribution in [0.1, 0.15) is 29.3 Å². The van der Waals surface area contributed by atoms with Crippen molar-refractivity contribution >= 4 is 17.7 Å². The Bertz CT molecular complexity index is 499. The van der Waals surface area contributed by atoms with E-state index in [0.29, 0.717) is 11.6 Å². The van der Waals surface area contributed by atoms with E-state index in [1.807, 2.05) is 0 Å². The first kappa shape index (κ1) is 12.4. The van der Waals surface area contributed by atoms with Gasteiger partial charge in [-0.15, -0.1) is 0 Å². The summed E-state index contributed by atoms with van der Waals surface area (Å²) in [6.45, 7) is 3.82. The topological polar surface area (TPSA) is 78.4 Å². The van der Waals surface area contributed by atoms with Crippen LogP contribution in [0.4, 0.5) is 10.5 Å². The van der Waals surface area contributed by atoms with E-state index < -0.39 is 5.97 Å².